The topological polar surface area (TPSA) is 78.5 Å². The van der Waals surface area contributed by atoms with Gasteiger partial charge in [0.1, 0.15) is 5.54 Å². The van der Waals surface area contributed by atoms with Crippen molar-refractivity contribution in [3.8, 4) is 0 Å². The first-order valence-electron chi connectivity index (χ1n) is 5.53. The van der Waals surface area contributed by atoms with E-state index in [4.69, 9.17) is 0 Å². The van der Waals surface area contributed by atoms with Crippen LogP contribution in [0.1, 0.15) is 19.3 Å². The summed E-state index contributed by atoms with van der Waals surface area (Å²) >= 11 is 0. The van der Waals surface area contributed by atoms with Gasteiger partial charge in [-0.2, -0.15) is 0 Å². The first-order chi connectivity index (χ1) is 7.61. The number of rotatable bonds is 1. The Bertz CT molecular complexity index is 391. The van der Waals surface area contributed by atoms with E-state index in [1.54, 1.807) is 4.90 Å². The summed E-state index contributed by atoms with van der Waals surface area (Å²) in [6, 6.07) is -0.453. The second-order valence-corrected chi connectivity index (χ2v) is 4.77. The second kappa shape index (κ2) is 2.96. The number of carbonyl (C=O) groups is 3. The highest BCUT2D eigenvalue weighted by Crippen LogP contribution is 2.34. The van der Waals surface area contributed by atoms with Crippen LogP contribution in [0.3, 0.4) is 0 Å². The van der Waals surface area contributed by atoms with E-state index < -0.39 is 11.6 Å². The second-order valence-electron chi connectivity index (χ2n) is 4.77. The molecule has 3 fully saturated rings. The summed E-state index contributed by atoms with van der Waals surface area (Å²) in [5.74, 6) is -0.00950. The van der Waals surface area contributed by atoms with Gasteiger partial charge in [0.05, 0.1) is 6.54 Å². The Labute approximate surface area is 92.4 Å². The predicted molar refractivity (Wildman–Crippen MR) is 53.3 cm³/mol. The van der Waals surface area contributed by atoms with E-state index in [0.29, 0.717) is 19.5 Å². The van der Waals surface area contributed by atoms with Crippen LogP contribution < -0.4 is 10.6 Å². The van der Waals surface area contributed by atoms with Crippen molar-refractivity contribution in [2.75, 3.05) is 13.1 Å². The van der Waals surface area contributed by atoms with Crippen molar-refractivity contribution in [1.29, 1.82) is 0 Å². The van der Waals surface area contributed by atoms with Crippen LogP contribution in [0.25, 0.3) is 0 Å². The fraction of sp³-hybridized carbons (Fsp3) is 0.700. The number of nitrogens with zero attached hydrogens (tertiary/aromatic N) is 1. The smallest absolute Gasteiger partial charge is 0.322 e. The Morgan fingerprint density at radius 1 is 1.38 bits per heavy atom. The van der Waals surface area contributed by atoms with Gasteiger partial charge in [0.15, 0.2) is 0 Å². The largest absolute Gasteiger partial charge is 0.339 e. The van der Waals surface area contributed by atoms with E-state index in [0.717, 1.165) is 12.8 Å². The first-order valence-corrected chi connectivity index (χ1v) is 5.53. The Hall–Kier alpha value is -1.59. The van der Waals surface area contributed by atoms with E-state index in [9.17, 15) is 14.4 Å². The maximum atomic E-state index is 11.8. The van der Waals surface area contributed by atoms with Crippen LogP contribution in [0.15, 0.2) is 0 Å². The van der Waals surface area contributed by atoms with Crippen LogP contribution in [0.4, 0.5) is 4.79 Å². The normalized spacial score (nSPS) is 33.1. The average Bonchev–Trinajstić information content (AvgIpc) is 2.94. The van der Waals surface area contributed by atoms with Gasteiger partial charge in [-0.05, 0) is 19.3 Å². The zero-order valence-electron chi connectivity index (χ0n) is 8.78. The highest BCUT2D eigenvalue weighted by Gasteiger charge is 2.52. The summed E-state index contributed by atoms with van der Waals surface area (Å²) in [5.41, 5.74) is -0.859. The van der Waals surface area contributed by atoms with Crippen molar-refractivity contribution in [2.45, 2.75) is 24.8 Å². The van der Waals surface area contributed by atoms with Crippen molar-refractivity contribution in [2.24, 2.45) is 5.92 Å². The number of carbonyl (C=O) groups excluding carboxylic acids is 3. The van der Waals surface area contributed by atoms with Gasteiger partial charge in [-0.3, -0.25) is 14.9 Å². The zero-order chi connectivity index (χ0) is 11.3. The molecule has 6 heteroatoms. The van der Waals surface area contributed by atoms with Crippen LogP contribution in [-0.2, 0) is 9.59 Å². The van der Waals surface area contributed by atoms with Crippen LogP contribution in [0.2, 0.25) is 0 Å². The molecule has 0 radical (unpaired) electrons. The van der Waals surface area contributed by atoms with E-state index in [-0.39, 0.29) is 17.7 Å². The lowest BCUT2D eigenvalue weighted by atomic mass is 9.99. The van der Waals surface area contributed by atoms with E-state index in [1.807, 2.05) is 0 Å². The molecule has 0 aromatic carbocycles. The summed E-state index contributed by atoms with van der Waals surface area (Å²) in [7, 11) is 0. The third-order valence-electron chi connectivity index (χ3n) is 3.52. The minimum absolute atomic E-state index is 0.130. The number of urea groups is 1. The van der Waals surface area contributed by atoms with Crippen LogP contribution in [0, 0.1) is 5.92 Å². The molecule has 1 unspecified atom stereocenters. The maximum Gasteiger partial charge on any atom is 0.322 e. The molecule has 4 amide bonds. The van der Waals surface area contributed by atoms with Crippen molar-refractivity contribution in [3.05, 3.63) is 0 Å². The number of likely N-dealkylation sites (tertiary alicyclic amines) is 1. The minimum atomic E-state index is -0.859. The molecule has 1 aliphatic carbocycles. The summed E-state index contributed by atoms with van der Waals surface area (Å²) in [5, 5.41) is 4.86. The summed E-state index contributed by atoms with van der Waals surface area (Å²) in [6.07, 6.45) is 2.44. The average molecular weight is 223 g/mol. The molecule has 3 rings (SSSR count). The molecule has 2 aliphatic heterocycles. The maximum absolute atomic E-state index is 11.8. The van der Waals surface area contributed by atoms with Crippen LogP contribution in [0.5, 0.6) is 0 Å². The fourth-order valence-electron chi connectivity index (χ4n) is 2.40. The Morgan fingerprint density at radius 2 is 2.12 bits per heavy atom. The molecule has 2 saturated heterocycles. The van der Waals surface area contributed by atoms with Gasteiger partial charge >= 0.3 is 6.03 Å². The Kier molecular flexibility index (Phi) is 1.78. The number of imide groups is 1. The lowest BCUT2D eigenvalue weighted by Crippen LogP contribution is -2.49. The summed E-state index contributed by atoms with van der Waals surface area (Å²) < 4.78 is 0. The molecular formula is C10H13N3O3. The van der Waals surface area contributed by atoms with Crippen LogP contribution in [-0.4, -0.2) is 41.4 Å². The molecule has 0 aromatic heterocycles. The molecule has 1 saturated carbocycles. The van der Waals surface area contributed by atoms with E-state index in [1.165, 1.54) is 0 Å². The fourth-order valence-corrected chi connectivity index (χ4v) is 2.40. The molecule has 2 heterocycles. The summed E-state index contributed by atoms with van der Waals surface area (Å²) in [6.45, 7) is 0.878. The van der Waals surface area contributed by atoms with Crippen molar-refractivity contribution < 1.29 is 14.4 Å². The third-order valence-corrected chi connectivity index (χ3v) is 3.52. The lowest BCUT2D eigenvalue weighted by molar-refractivity contribution is -0.132. The van der Waals surface area contributed by atoms with Gasteiger partial charge in [0, 0.05) is 12.5 Å². The van der Waals surface area contributed by atoms with Gasteiger partial charge in [-0.25, -0.2) is 4.79 Å². The van der Waals surface area contributed by atoms with Gasteiger partial charge < -0.3 is 10.2 Å². The van der Waals surface area contributed by atoms with E-state index in [2.05, 4.69) is 10.6 Å². The minimum Gasteiger partial charge on any atom is -0.339 e. The molecule has 86 valence electrons. The van der Waals surface area contributed by atoms with Crippen molar-refractivity contribution in [3.63, 3.8) is 0 Å². The number of nitrogens with one attached hydrogen (secondary N) is 2. The number of hydrogen-bond donors (Lipinski definition) is 2. The molecular weight excluding hydrogens is 210 g/mol. The zero-order valence-corrected chi connectivity index (χ0v) is 8.78. The molecule has 0 aromatic rings. The molecule has 1 atom stereocenters. The Morgan fingerprint density at radius 3 is 2.69 bits per heavy atom. The molecule has 6 nitrogen and oxygen atoms in total. The van der Waals surface area contributed by atoms with Gasteiger partial charge in [-0.1, -0.05) is 0 Å². The van der Waals surface area contributed by atoms with Gasteiger partial charge in [-0.15, -0.1) is 0 Å². The lowest BCUT2D eigenvalue weighted by Gasteiger charge is -2.20. The van der Waals surface area contributed by atoms with Crippen LogP contribution >= 0.6 is 0 Å². The highest BCUT2D eigenvalue weighted by molar-refractivity contribution is 6.07. The number of hydrogen-bond acceptors (Lipinski definition) is 3. The molecule has 2 N–H and O–H groups in total. The molecule has 3 aliphatic rings. The Balaban J connectivity index is 1.74. The highest BCUT2D eigenvalue weighted by atomic mass is 16.2. The molecule has 1 spiro atoms. The first kappa shape index (κ1) is 9.62. The SMILES string of the molecule is O=C1NC(=O)C2(CCN(C(=O)C3CC3)C2)N1. The molecule has 0 bridgehead atoms. The predicted octanol–water partition coefficient (Wildman–Crippen LogP) is -0.793. The van der Waals surface area contributed by atoms with E-state index >= 15 is 0 Å². The molecule has 16 heavy (non-hydrogen) atoms. The van der Waals surface area contributed by atoms with Crippen molar-refractivity contribution >= 4 is 17.8 Å². The standard InChI is InChI=1S/C10H13N3O3/c14-7(6-1-2-6)13-4-3-10(5-13)8(15)11-9(16)12-10/h6H,1-5H2,(H2,11,12,15,16). The quantitative estimate of drug-likeness (QED) is 0.572. The monoisotopic (exact) mass is 223 g/mol. The summed E-state index contributed by atoms with van der Waals surface area (Å²) in [4.78, 5) is 36.2. The van der Waals surface area contributed by atoms with Crippen molar-refractivity contribution in [1.82, 2.24) is 15.5 Å². The van der Waals surface area contributed by atoms with Gasteiger partial charge in [0.2, 0.25) is 5.91 Å². The van der Waals surface area contributed by atoms with Gasteiger partial charge in [0.25, 0.3) is 5.91 Å². The number of amides is 4. The third kappa shape index (κ3) is 1.29.